The maximum absolute atomic E-state index is 12.2. The molecule has 3 nitrogen and oxygen atoms in total. The minimum Gasteiger partial charge on any atom is -0.507 e. The summed E-state index contributed by atoms with van der Waals surface area (Å²) in [6.45, 7) is 0. The van der Waals surface area contributed by atoms with Crippen molar-refractivity contribution in [3.8, 4) is 0 Å². The Labute approximate surface area is 130 Å². The van der Waals surface area contributed by atoms with Gasteiger partial charge in [-0.2, -0.15) is 0 Å². The first-order chi connectivity index (χ1) is 10.7. The van der Waals surface area contributed by atoms with Crippen LogP contribution in [0.5, 0.6) is 0 Å². The zero-order valence-electron chi connectivity index (χ0n) is 12.5. The molecule has 1 aromatic rings. The van der Waals surface area contributed by atoms with Gasteiger partial charge in [-0.25, -0.2) is 0 Å². The Kier molecular flexibility index (Phi) is 4.23. The number of allylic oxidation sites excluding steroid dienone is 3. The second-order valence-electron chi connectivity index (χ2n) is 6.07. The molecule has 0 heterocycles. The van der Waals surface area contributed by atoms with Crippen LogP contribution in [-0.4, -0.2) is 16.7 Å². The molecule has 2 aliphatic rings. The van der Waals surface area contributed by atoms with Crippen molar-refractivity contribution in [3.05, 3.63) is 53.1 Å². The summed E-state index contributed by atoms with van der Waals surface area (Å²) in [5, 5.41) is 10.3. The van der Waals surface area contributed by atoms with Crippen LogP contribution in [0, 0.1) is 5.92 Å². The second kappa shape index (κ2) is 6.30. The highest BCUT2D eigenvalue weighted by atomic mass is 16.3. The van der Waals surface area contributed by atoms with Gasteiger partial charge < -0.3 is 5.11 Å². The molecule has 3 heteroatoms. The van der Waals surface area contributed by atoms with Gasteiger partial charge in [0.2, 0.25) is 11.6 Å². The maximum atomic E-state index is 12.2. The highest BCUT2D eigenvalue weighted by molar-refractivity contribution is 6.52. The van der Waals surface area contributed by atoms with E-state index in [1.807, 2.05) is 0 Å². The normalized spacial score (nSPS) is 21.2. The van der Waals surface area contributed by atoms with E-state index in [-0.39, 0.29) is 11.3 Å². The first-order valence-corrected chi connectivity index (χ1v) is 7.94. The zero-order valence-corrected chi connectivity index (χ0v) is 12.5. The molecule has 114 valence electrons. The third-order valence-electron chi connectivity index (χ3n) is 4.61. The van der Waals surface area contributed by atoms with Crippen LogP contribution < -0.4 is 0 Å². The van der Waals surface area contributed by atoms with E-state index in [0.29, 0.717) is 23.5 Å². The number of fused-ring (bicyclic) bond motifs is 1. The molecule has 3 rings (SSSR count). The molecular formula is C19H20O3. The summed E-state index contributed by atoms with van der Waals surface area (Å²) in [5.41, 5.74) is 1.09. The largest absolute Gasteiger partial charge is 0.507 e. The Hall–Kier alpha value is -2.16. The summed E-state index contributed by atoms with van der Waals surface area (Å²) in [4.78, 5) is 24.3. The number of carbonyl (C=O) groups excluding carboxylic acids is 2. The minimum atomic E-state index is -0.542. The lowest BCUT2D eigenvalue weighted by molar-refractivity contribution is -0.112. The van der Waals surface area contributed by atoms with Crippen LogP contribution >= 0.6 is 0 Å². The molecule has 0 fully saturated rings. The van der Waals surface area contributed by atoms with Gasteiger partial charge >= 0.3 is 0 Å². The molecule has 0 aliphatic heterocycles. The maximum Gasteiger partial charge on any atom is 0.234 e. The number of aliphatic hydroxyl groups is 1. The Balaban J connectivity index is 1.73. The lowest BCUT2D eigenvalue weighted by atomic mass is 9.84. The molecule has 1 N–H and O–H groups in total. The van der Waals surface area contributed by atoms with Gasteiger partial charge in [0.25, 0.3) is 0 Å². The van der Waals surface area contributed by atoms with Crippen LogP contribution in [0.3, 0.4) is 0 Å². The molecule has 0 radical (unpaired) electrons. The van der Waals surface area contributed by atoms with Gasteiger partial charge in [-0.3, -0.25) is 9.59 Å². The lowest BCUT2D eigenvalue weighted by Gasteiger charge is -2.20. The van der Waals surface area contributed by atoms with Crippen LogP contribution in [0.4, 0.5) is 0 Å². The number of ketones is 2. The van der Waals surface area contributed by atoms with E-state index in [1.54, 1.807) is 24.3 Å². The van der Waals surface area contributed by atoms with Gasteiger partial charge in [0.15, 0.2) is 0 Å². The molecule has 0 unspecified atom stereocenters. The highest BCUT2D eigenvalue weighted by Crippen LogP contribution is 2.31. The molecule has 0 bridgehead atoms. The number of hydrogen-bond acceptors (Lipinski definition) is 3. The number of hydrogen-bond donors (Lipinski definition) is 1. The van der Waals surface area contributed by atoms with Crippen molar-refractivity contribution in [2.24, 2.45) is 5.92 Å². The van der Waals surface area contributed by atoms with Crippen LogP contribution in [-0.2, 0) is 4.79 Å². The van der Waals surface area contributed by atoms with Gasteiger partial charge in [-0.1, -0.05) is 36.4 Å². The molecule has 0 aromatic heterocycles. The number of carbonyl (C=O) groups is 2. The predicted octanol–water partition coefficient (Wildman–Crippen LogP) is 4.25. The quantitative estimate of drug-likeness (QED) is 0.667. The van der Waals surface area contributed by atoms with E-state index in [4.69, 9.17) is 0 Å². The Morgan fingerprint density at radius 2 is 1.82 bits per heavy atom. The number of aliphatic hydroxyl groups excluding tert-OH is 1. The molecule has 0 saturated carbocycles. The Bertz CT molecular complexity index is 667. The lowest BCUT2D eigenvalue weighted by Crippen LogP contribution is -2.24. The van der Waals surface area contributed by atoms with Crippen LogP contribution in [0.15, 0.2) is 42.0 Å². The summed E-state index contributed by atoms with van der Waals surface area (Å²) in [5.74, 6) is -0.387. The van der Waals surface area contributed by atoms with Crippen molar-refractivity contribution in [1.82, 2.24) is 0 Å². The van der Waals surface area contributed by atoms with Crippen molar-refractivity contribution in [2.75, 3.05) is 0 Å². The van der Waals surface area contributed by atoms with Crippen LogP contribution in [0.25, 0.3) is 5.76 Å². The van der Waals surface area contributed by atoms with Gasteiger partial charge in [-0.15, -0.1) is 0 Å². The summed E-state index contributed by atoms with van der Waals surface area (Å²) in [7, 11) is 0. The van der Waals surface area contributed by atoms with E-state index < -0.39 is 11.6 Å². The van der Waals surface area contributed by atoms with Crippen LogP contribution in [0.1, 0.15) is 54.4 Å². The van der Waals surface area contributed by atoms with Crippen molar-refractivity contribution >= 4 is 17.3 Å². The fourth-order valence-corrected chi connectivity index (χ4v) is 3.34. The Morgan fingerprint density at radius 3 is 2.55 bits per heavy atom. The summed E-state index contributed by atoms with van der Waals surface area (Å²) >= 11 is 0. The fourth-order valence-electron chi connectivity index (χ4n) is 3.34. The third-order valence-corrected chi connectivity index (χ3v) is 4.61. The zero-order chi connectivity index (χ0) is 15.5. The standard InChI is InChI=1S/C19H20O3/c20-17-14-10-4-5-11-15(14)18(21)19(22)16(17)12-6-9-13-7-2-1-3-8-13/h1-2,4-5,10-11,13,20H,3,6-9,12H2/t13-/m1/s1. The van der Waals surface area contributed by atoms with Crippen molar-refractivity contribution in [2.45, 2.75) is 38.5 Å². The van der Waals surface area contributed by atoms with Gasteiger partial charge in [0, 0.05) is 16.7 Å². The van der Waals surface area contributed by atoms with Crippen LogP contribution in [0.2, 0.25) is 0 Å². The molecule has 0 spiro atoms. The molecule has 0 saturated heterocycles. The molecule has 22 heavy (non-hydrogen) atoms. The first kappa shape index (κ1) is 14.8. The smallest absolute Gasteiger partial charge is 0.234 e. The summed E-state index contributed by atoms with van der Waals surface area (Å²) in [6, 6.07) is 6.76. The average molecular weight is 296 g/mol. The topological polar surface area (TPSA) is 54.4 Å². The molecule has 2 aliphatic carbocycles. The van der Waals surface area contributed by atoms with Crippen molar-refractivity contribution in [3.63, 3.8) is 0 Å². The SMILES string of the molecule is O=C1C(=O)c2ccccc2C(O)=C1CCC[C@@H]1CC=CCC1. The predicted molar refractivity (Wildman–Crippen MR) is 85.7 cm³/mol. The monoisotopic (exact) mass is 296 g/mol. The number of benzene rings is 1. The minimum absolute atomic E-state index is 0.0104. The molecule has 1 atom stereocenters. The van der Waals surface area contributed by atoms with E-state index in [2.05, 4.69) is 12.2 Å². The third kappa shape index (κ3) is 2.76. The average Bonchev–Trinajstić information content (AvgIpc) is 2.57. The summed E-state index contributed by atoms with van der Waals surface area (Å²) in [6.07, 6.45) is 10.2. The molecular weight excluding hydrogens is 276 g/mol. The van der Waals surface area contributed by atoms with E-state index in [0.717, 1.165) is 25.7 Å². The highest BCUT2D eigenvalue weighted by Gasteiger charge is 2.32. The Morgan fingerprint density at radius 1 is 1.05 bits per heavy atom. The van der Waals surface area contributed by atoms with Gasteiger partial charge in [-0.05, 0) is 44.4 Å². The summed E-state index contributed by atoms with van der Waals surface area (Å²) < 4.78 is 0. The van der Waals surface area contributed by atoms with E-state index >= 15 is 0 Å². The van der Waals surface area contributed by atoms with E-state index in [1.165, 1.54) is 6.42 Å². The van der Waals surface area contributed by atoms with Crippen molar-refractivity contribution < 1.29 is 14.7 Å². The first-order valence-electron chi connectivity index (χ1n) is 7.94. The molecule has 0 amide bonds. The van der Waals surface area contributed by atoms with Gasteiger partial charge in [0.1, 0.15) is 5.76 Å². The second-order valence-corrected chi connectivity index (χ2v) is 6.07. The number of rotatable bonds is 4. The fraction of sp³-hybridized carbons (Fsp3) is 0.368. The molecule has 1 aromatic carbocycles. The van der Waals surface area contributed by atoms with Crippen molar-refractivity contribution in [1.29, 1.82) is 0 Å². The number of Topliss-reactive ketones (excluding diaryl/α,β-unsaturated/α-hetero) is 2. The van der Waals surface area contributed by atoms with E-state index in [9.17, 15) is 14.7 Å². The van der Waals surface area contributed by atoms with Gasteiger partial charge in [0.05, 0.1) is 0 Å².